The highest BCUT2D eigenvalue weighted by molar-refractivity contribution is 5.60. The van der Waals surface area contributed by atoms with Gasteiger partial charge >= 0.3 is 0 Å². The predicted octanol–water partition coefficient (Wildman–Crippen LogP) is 2.94. The summed E-state index contributed by atoms with van der Waals surface area (Å²) in [5.41, 5.74) is -0.0333. The quantitative estimate of drug-likeness (QED) is 0.744. The van der Waals surface area contributed by atoms with Gasteiger partial charge in [-0.1, -0.05) is 26.2 Å². The maximum atomic E-state index is 11.8. The molecule has 3 aliphatic rings. The molecule has 0 amide bonds. The van der Waals surface area contributed by atoms with Gasteiger partial charge < -0.3 is 9.69 Å². The van der Waals surface area contributed by atoms with Gasteiger partial charge in [-0.2, -0.15) is 0 Å². The molecule has 3 nitrogen and oxygen atoms in total. The Morgan fingerprint density at radius 2 is 1.90 bits per heavy atom. The number of carbonyl (C=O) groups excluding carboxylic acids is 1. The average molecular weight is 292 g/mol. The number of hydrogen-bond acceptors (Lipinski definition) is 3. The van der Waals surface area contributed by atoms with Crippen molar-refractivity contribution >= 4 is 6.29 Å². The topological polar surface area (TPSA) is 23.6 Å². The average Bonchev–Trinajstić information content (AvgIpc) is 2.96. The first-order valence-electron chi connectivity index (χ1n) is 9.13. The smallest absolute Gasteiger partial charge is 0.127 e. The molecular weight excluding hydrogens is 260 g/mol. The van der Waals surface area contributed by atoms with Crippen LogP contribution in [0, 0.1) is 11.3 Å². The van der Waals surface area contributed by atoms with Crippen molar-refractivity contribution in [1.82, 2.24) is 9.80 Å². The molecule has 3 rings (SSSR count). The molecular formula is C18H32N2O. The molecule has 3 heteroatoms. The summed E-state index contributed by atoms with van der Waals surface area (Å²) >= 11 is 0. The predicted molar refractivity (Wildman–Crippen MR) is 86.4 cm³/mol. The minimum Gasteiger partial charge on any atom is -0.303 e. The Kier molecular flexibility index (Phi) is 5.00. The summed E-state index contributed by atoms with van der Waals surface area (Å²) in [4.78, 5) is 17.1. The number of likely N-dealkylation sites (tertiary alicyclic amines) is 2. The van der Waals surface area contributed by atoms with Crippen LogP contribution < -0.4 is 0 Å². The van der Waals surface area contributed by atoms with E-state index >= 15 is 0 Å². The van der Waals surface area contributed by atoms with Crippen molar-refractivity contribution in [1.29, 1.82) is 0 Å². The Morgan fingerprint density at radius 1 is 1.10 bits per heavy atom. The first-order valence-corrected chi connectivity index (χ1v) is 9.13. The number of hydrogen-bond donors (Lipinski definition) is 0. The molecule has 0 spiro atoms. The van der Waals surface area contributed by atoms with Gasteiger partial charge in [0.25, 0.3) is 0 Å². The van der Waals surface area contributed by atoms with E-state index in [4.69, 9.17) is 0 Å². The summed E-state index contributed by atoms with van der Waals surface area (Å²) in [5.74, 6) is 0.726. The molecule has 2 heterocycles. The van der Waals surface area contributed by atoms with Crippen molar-refractivity contribution in [3.05, 3.63) is 0 Å². The monoisotopic (exact) mass is 292 g/mol. The number of nitrogens with zero attached hydrogens (tertiary/aromatic N) is 2. The van der Waals surface area contributed by atoms with E-state index in [0.717, 1.165) is 31.3 Å². The Bertz CT molecular complexity index is 353. The Balaban J connectivity index is 1.54. The molecule has 3 atom stereocenters. The summed E-state index contributed by atoms with van der Waals surface area (Å²) in [6.45, 7) is 8.33. The molecule has 0 aromatic heterocycles. The van der Waals surface area contributed by atoms with Crippen LogP contribution in [0.25, 0.3) is 0 Å². The highest BCUT2D eigenvalue weighted by atomic mass is 16.1. The van der Waals surface area contributed by atoms with Crippen LogP contribution in [0.15, 0.2) is 0 Å². The van der Waals surface area contributed by atoms with Crippen LogP contribution in [0.4, 0.5) is 0 Å². The lowest BCUT2D eigenvalue weighted by molar-refractivity contribution is -0.119. The summed E-state index contributed by atoms with van der Waals surface area (Å²) in [7, 11) is 0. The van der Waals surface area contributed by atoms with Crippen LogP contribution in [0.3, 0.4) is 0 Å². The van der Waals surface area contributed by atoms with E-state index in [2.05, 4.69) is 16.7 Å². The molecule has 0 aromatic rings. The first-order chi connectivity index (χ1) is 10.2. The van der Waals surface area contributed by atoms with E-state index in [1.54, 1.807) is 0 Å². The zero-order valence-corrected chi connectivity index (χ0v) is 13.7. The summed E-state index contributed by atoms with van der Waals surface area (Å²) in [5, 5.41) is 0. The van der Waals surface area contributed by atoms with Crippen LogP contribution in [-0.4, -0.2) is 54.9 Å². The molecule has 0 aromatic carbocycles. The molecule has 3 fully saturated rings. The second kappa shape index (κ2) is 6.78. The summed E-state index contributed by atoms with van der Waals surface area (Å²) < 4.78 is 0. The van der Waals surface area contributed by atoms with Gasteiger partial charge in [0.05, 0.1) is 0 Å². The highest BCUT2D eigenvalue weighted by Gasteiger charge is 2.38. The van der Waals surface area contributed by atoms with Gasteiger partial charge in [0.2, 0.25) is 0 Å². The van der Waals surface area contributed by atoms with Crippen LogP contribution in [0.2, 0.25) is 0 Å². The second-order valence-corrected chi connectivity index (χ2v) is 7.96. The standard InChI is InChI=1S/C18H32N2O/c1-16-6-5-8-18(12-16,15-21)14-19-11-7-17(13-19)20-9-3-2-4-10-20/h15-17H,2-14H2,1H3. The normalized spacial score (nSPS) is 39.5. The number of rotatable bonds is 4. The third-order valence-corrected chi connectivity index (χ3v) is 6.07. The van der Waals surface area contributed by atoms with Crippen molar-refractivity contribution in [2.75, 3.05) is 32.7 Å². The molecule has 2 aliphatic heterocycles. The van der Waals surface area contributed by atoms with Crippen molar-refractivity contribution in [2.24, 2.45) is 11.3 Å². The molecule has 0 N–H and O–H groups in total. The van der Waals surface area contributed by atoms with Crippen LogP contribution in [-0.2, 0) is 4.79 Å². The number of carbonyl (C=O) groups is 1. The molecule has 120 valence electrons. The molecule has 2 saturated heterocycles. The van der Waals surface area contributed by atoms with Crippen LogP contribution in [0.5, 0.6) is 0 Å². The van der Waals surface area contributed by atoms with Crippen molar-refractivity contribution in [2.45, 2.75) is 64.3 Å². The zero-order valence-electron chi connectivity index (χ0n) is 13.7. The number of piperidine rings is 1. The van der Waals surface area contributed by atoms with Gasteiger partial charge in [0.15, 0.2) is 0 Å². The molecule has 0 radical (unpaired) electrons. The minimum atomic E-state index is -0.0333. The van der Waals surface area contributed by atoms with Gasteiger partial charge in [0.1, 0.15) is 6.29 Å². The summed E-state index contributed by atoms with van der Waals surface area (Å²) in [6, 6.07) is 0.759. The first kappa shape index (κ1) is 15.5. The third-order valence-electron chi connectivity index (χ3n) is 6.07. The fourth-order valence-corrected chi connectivity index (χ4v) is 4.97. The Labute approximate surface area is 130 Å². The highest BCUT2D eigenvalue weighted by Crippen LogP contribution is 2.39. The molecule has 3 unspecified atom stereocenters. The minimum absolute atomic E-state index is 0.0333. The van der Waals surface area contributed by atoms with E-state index in [1.165, 1.54) is 71.0 Å². The van der Waals surface area contributed by atoms with Gasteiger partial charge in [-0.25, -0.2) is 0 Å². The van der Waals surface area contributed by atoms with E-state index in [0.29, 0.717) is 0 Å². The van der Waals surface area contributed by atoms with Gasteiger partial charge in [-0.3, -0.25) is 4.90 Å². The maximum Gasteiger partial charge on any atom is 0.127 e. The van der Waals surface area contributed by atoms with Crippen molar-refractivity contribution in [3.8, 4) is 0 Å². The van der Waals surface area contributed by atoms with Crippen molar-refractivity contribution < 1.29 is 4.79 Å². The molecule has 0 bridgehead atoms. The molecule has 1 saturated carbocycles. The fourth-order valence-electron chi connectivity index (χ4n) is 4.97. The lowest BCUT2D eigenvalue weighted by atomic mass is 9.71. The molecule has 1 aliphatic carbocycles. The van der Waals surface area contributed by atoms with Gasteiger partial charge in [-0.05, 0) is 57.7 Å². The maximum absolute atomic E-state index is 11.8. The largest absolute Gasteiger partial charge is 0.303 e. The zero-order chi connectivity index (χ0) is 14.7. The van der Waals surface area contributed by atoms with Gasteiger partial charge in [-0.15, -0.1) is 0 Å². The lowest BCUT2D eigenvalue weighted by Crippen LogP contribution is -2.44. The van der Waals surface area contributed by atoms with Crippen LogP contribution >= 0.6 is 0 Å². The van der Waals surface area contributed by atoms with E-state index < -0.39 is 0 Å². The SMILES string of the molecule is CC1CCCC(C=O)(CN2CCC(N3CCCCC3)C2)C1. The second-order valence-electron chi connectivity index (χ2n) is 7.96. The summed E-state index contributed by atoms with van der Waals surface area (Å²) in [6.07, 6.45) is 11.6. The van der Waals surface area contributed by atoms with E-state index in [9.17, 15) is 4.79 Å². The van der Waals surface area contributed by atoms with E-state index in [-0.39, 0.29) is 5.41 Å². The number of aldehydes is 1. The fraction of sp³-hybridized carbons (Fsp3) is 0.944. The van der Waals surface area contributed by atoms with Gasteiger partial charge in [0, 0.05) is 24.5 Å². The lowest BCUT2D eigenvalue weighted by Gasteiger charge is -2.39. The van der Waals surface area contributed by atoms with Crippen LogP contribution in [0.1, 0.15) is 58.3 Å². The Hall–Kier alpha value is -0.410. The molecule has 21 heavy (non-hydrogen) atoms. The van der Waals surface area contributed by atoms with Crippen molar-refractivity contribution in [3.63, 3.8) is 0 Å². The van der Waals surface area contributed by atoms with E-state index in [1.807, 2.05) is 0 Å². The third kappa shape index (κ3) is 3.68. The Morgan fingerprint density at radius 3 is 2.62 bits per heavy atom.